The van der Waals surface area contributed by atoms with Gasteiger partial charge in [-0.3, -0.25) is 4.65 Å². The second-order valence-electron chi connectivity index (χ2n) is 4.10. The lowest BCUT2D eigenvalue weighted by Crippen LogP contribution is -2.33. The first-order valence-electron chi connectivity index (χ1n) is 5.41. The normalized spacial score (nSPS) is 21.0. The van der Waals surface area contributed by atoms with Crippen molar-refractivity contribution in [3.8, 4) is 0 Å². The molecule has 0 saturated carbocycles. The van der Waals surface area contributed by atoms with Crippen LogP contribution in [0.15, 0.2) is 47.5 Å². The van der Waals surface area contributed by atoms with Crippen LogP contribution in [-0.4, -0.2) is 6.34 Å². The molecule has 1 unspecified atom stereocenters. The zero-order valence-corrected chi connectivity index (χ0v) is 10.1. The maximum atomic E-state index is 12.9. The van der Waals surface area contributed by atoms with E-state index in [0.717, 1.165) is 0 Å². The maximum Gasteiger partial charge on any atom is 0.201 e. The summed E-state index contributed by atoms with van der Waals surface area (Å²) in [6.45, 7) is 0. The lowest BCUT2D eigenvalue weighted by molar-refractivity contribution is 0.777. The molecule has 0 saturated heterocycles. The SMILES string of the molecule is Nc1cc2c(cc1Cl)[N+]([O-])(c1ccccc1)C=N2. The molecular weight excluding hydrogens is 250 g/mol. The highest BCUT2D eigenvalue weighted by Gasteiger charge is 2.31. The Morgan fingerprint density at radius 3 is 2.61 bits per heavy atom. The number of nitrogens with two attached hydrogens (primary N) is 1. The predicted molar refractivity (Wildman–Crippen MR) is 75.3 cm³/mol. The first-order chi connectivity index (χ1) is 8.61. The molecule has 0 spiro atoms. The van der Waals surface area contributed by atoms with Crippen molar-refractivity contribution in [1.29, 1.82) is 0 Å². The third-order valence-corrected chi connectivity index (χ3v) is 3.28. The van der Waals surface area contributed by atoms with Crippen molar-refractivity contribution >= 4 is 40.7 Å². The van der Waals surface area contributed by atoms with Gasteiger partial charge in [0.25, 0.3) is 0 Å². The molecule has 2 N–H and O–H groups in total. The molecule has 0 aromatic heterocycles. The van der Waals surface area contributed by atoms with Gasteiger partial charge in [-0.15, -0.1) is 0 Å². The average molecular weight is 260 g/mol. The van der Waals surface area contributed by atoms with Crippen molar-refractivity contribution in [1.82, 2.24) is 4.65 Å². The van der Waals surface area contributed by atoms with Gasteiger partial charge in [0.15, 0.2) is 5.69 Å². The Morgan fingerprint density at radius 2 is 1.89 bits per heavy atom. The summed E-state index contributed by atoms with van der Waals surface area (Å²) < 4.78 is -0.740. The van der Waals surface area contributed by atoms with Crippen molar-refractivity contribution in [3.63, 3.8) is 0 Å². The van der Waals surface area contributed by atoms with Gasteiger partial charge in [0, 0.05) is 18.2 Å². The summed E-state index contributed by atoms with van der Waals surface area (Å²) >= 11 is 5.98. The third kappa shape index (κ3) is 1.51. The predicted octanol–water partition coefficient (Wildman–Crippen LogP) is 3.73. The van der Waals surface area contributed by atoms with Crippen LogP contribution in [0.25, 0.3) is 0 Å². The number of rotatable bonds is 1. The first-order valence-corrected chi connectivity index (χ1v) is 5.79. The molecule has 0 aliphatic carbocycles. The topological polar surface area (TPSA) is 61.4 Å². The van der Waals surface area contributed by atoms with Gasteiger partial charge in [-0.1, -0.05) is 29.8 Å². The minimum absolute atomic E-state index is 0.369. The Labute approximate surface area is 109 Å². The second-order valence-corrected chi connectivity index (χ2v) is 4.51. The van der Waals surface area contributed by atoms with E-state index in [9.17, 15) is 5.21 Å². The van der Waals surface area contributed by atoms with Gasteiger partial charge in [-0.2, -0.15) is 4.99 Å². The molecule has 5 heteroatoms. The van der Waals surface area contributed by atoms with Crippen LogP contribution in [0.1, 0.15) is 0 Å². The molecule has 0 fully saturated rings. The van der Waals surface area contributed by atoms with Gasteiger partial charge in [0.05, 0.1) is 10.7 Å². The van der Waals surface area contributed by atoms with Gasteiger partial charge >= 0.3 is 0 Å². The number of fused-ring (bicyclic) bond motifs is 1. The molecule has 3 rings (SSSR count). The summed E-state index contributed by atoms with van der Waals surface area (Å²) in [5.74, 6) is 0. The van der Waals surface area contributed by atoms with Crippen molar-refractivity contribution in [2.75, 3.05) is 5.73 Å². The minimum Gasteiger partial charge on any atom is -0.616 e. The molecule has 2 aromatic carbocycles. The Kier molecular flexibility index (Phi) is 2.38. The van der Waals surface area contributed by atoms with E-state index in [-0.39, 0.29) is 0 Å². The molecule has 0 amide bonds. The molecule has 1 heterocycles. The third-order valence-electron chi connectivity index (χ3n) is 2.95. The number of nitrogen functional groups attached to an aromatic ring is 1. The van der Waals surface area contributed by atoms with E-state index in [2.05, 4.69) is 4.99 Å². The molecule has 1 aliphatic rings. The summed E-state index contributed by atoms with van der Waals surface area (Å²) in [5, 5.41) is 13.2. The minimum atomic E-state index is -0.740. The zero-order chi connectivity index (χ0) is 12.8. The number of quaternary nitrogens is 1. The Hall–Kier alpha value is -1.88. The van der Waals surface area contributed by atoms with Crippen molar-refractivity contribution in [2.45, 2.75) is 0 Å². The zero-order valence-electron chi connectivity index (χ0n) is 9.38. The molecule has 4 nitrogen and oxygen atoms in total. The lowest BCUT2D eigenvalue weighted by Gasteiger charge is -2.33. The smallest absolute Gasteiger partial charge is 0.201 e. The van der Waals surface area contributed by atoms with E-state index >= 15 is 0 Å². The lowest BCUT2D eigenvalue weighted by atomic mass is 10.2. The van der Waals surface area contributed by atoms with Gasteiger partial charge in [-0.05, 0) is 6.07 Å². The summed E-state index contributed by atoms with van der Waals surface area (Å²) in [6.07, 6.45) is 1.34. The summed E-state index contributed by atoms with van der Waals surface area (Å²) in [5.41, 5.74) is 7.77. The van der Waals surface area contributed by atoms with Crippen LogP contribution in [0.3, 0.4) is 0 Å². The number of benzene rings is 2. The van der Waals surface area contributed by atoms with Crippen LogP contribution in [0.2, 0.25) is 5.02 Å². The second kappa shape index (κ2) is 3.81. The number of halogens is 1. The summed E-state index contributed by atoms with van der Waals surface area (Å²) in [4.78, 5) is 4.13. The van der Waals surface area contributed by atoms with Gasteiger partial charge < -0.3 is 10.9 Å². The molecule has 18 heavy (non-hydrogen) atoms. The number of para-hydroxylation sites is 1. The number of aliphatic imine (C=N–C) groups is 1. The van der Waals surface area contributed by atoms with Crippen LogP contribution in [0.5, 0.6) is 0 Å². The fourth-order valence-electron chi connectivity index (χ4n) is 2.00. The van der Waals surface area contributed by atoms with E-state index < -0.39 is 4.65 Å². The van der Waals surface area contributed by atoms with Gasteiger partial charge in [0.2, 0.25) is 6.34 Å². The summed E-state index contributed by atoms with van der Waals surface area (Å²) in [6, 6.07) is 12.2. The maximum absolute atomic E-state index is 12.9. The molecule has 0 radical (unpaired) electrons. The highest BCUT2D eigenvalue weighted by Crippen LogP contribution is 2.46. The van der Waals surface area contributed by atoms with Gasteiger partial charge in [0.1, 0.15) is 11.4 Å². The fourth-order valence-corrected chi connectivity index (χ4v) is 2.16. The van der Waals surface area contributed by atoms with E-state index in [4.69, 9.17) is 17.3 Å². The highest BCUT2D eigenvalue weighted by molar-refractivity contribution is 6.33. The monoisotopic (exact) mass is 259 g/mol. The van der Waals surface area contributed by atoms with Crippen LogP contribution >= 0.6 is 11.6 Å². The Morgan fingerprint density at radius 1 is 1.17 bits per heavy atom. The number of hydroxylamine groups is 1. The quantitative estimate of drug-likeness (QED) is 0.482. The van der Waals surface area contributed by atoms with E-state index in [0.29, 0.717) is 27.8 Å². The molecule has 90 valence electrons. The average Bonchev–Trinajstić information content (AvgIpc) is 2.70. The van der Waals surface area contributed by atoms with Crippen LogP contribution < -0.4 is 10.4 Å². The largest absolute Gasteiger partial charge is 0.616 e. The number of anilines is 1. The Bertz CT molecular complexity index is 642. The summed E-state index contributed by atoms with van der Waals surface area (Å²) in [7, 11) is 0. The fraction of sp³-hybridized carbons (Fsp3) is 0. The Balaban J connectivity index is 2.21. The van der Waals surface area contributed by atoms with Crippen molar-refractivity contribution in [2.24, 2.45) is 4.99 Å². The first kappa shape index (κ1) is 11.2. The van der Waals surface area contributed by atoms with E-state index in [1.807, 2.05) is 18.2 Å². The number of nitrogens with zero attached hydrogens (tertiary/aromatic N) is 2. The van der Waals surface area contributed by atoms with Crippen molar-refractivity contribution < 1.29 is 0 Å². The molecule has 1 aliphatic heterocycles. The van der Waals surface area contributed by atoms with Crippen LogP contribution in [0, 0.1) is 5.21 Å². The van der Waals surface area contributed by atoms with Crippen molar-refractivity contribution in [3.05, 3.63) is 52.7 Å². The number of hydrogen-bond acceptors (Lipinski definition) is 3. The van der Waals surface area contributed by atoms with E-state index in [1.54, 1.807) is 24.3 Å². The highest BCUT2D eigenvalue weighted by atomic mass is 35.5. The molecule has 0 bridgehead atoms. The standard InChI is InChI=1S/C13H10ClN3O/c14-10-6-13-12(7-11(10)15)16-8-17(13,18)9-4-2-1-3-5-9/h1-8H,15H2. The van der Waals surface area contributed by atoms with Gasteiger partial charge in [-0.25, -0.2) is 0 Å². The molecule has 2 aromatic rings. The number of hydrogen-bond donors (Lipinski definition) is 1. The van der Waals surface area contributed by atoms with Crippen LogP contribution in [-0.2, 0) is 0 Å². The molecule has 1 atom stereocenters. The van der Waals surface area contributed by atoms with Crippen LogP contribution in [0.4, 0.5) is 22.7 Å². The van der Waals surface area contributed by atoms with E-state index in [1.165, 1.54) is 6.34 Å². The molecular formula is C13H10ClN3O.